The molecule has 0 saturated heterocycles. The fourth-order valence-electron chi connectivity index (χ4n) is 4.35. The zero-order valence-corrected chi connectivity index (χ0v) is 13.6. The Hall–Kier alpha value is -0.0800. The standard InChI is InChI=1S/C16H22Cl2O2/c1-3-5-7-9-11-13(19)16(18)10(8-6-4-2)12(16)14(20)15(9,11)17/h9-12H,3-8H2,1-2H3/t9-,10+,11+,12-,15-,16+. The highest BCUT2D eigenvalue weighted by Crippen LogP contribution is 2.74. The van der Waals surface area contributed by atoms with Crippen LogP contribution in [0.4, 0.5) is 0 Å². The number of unbranched alkanes of at least 4 members (excludes halogenated alkanes) is 2. The Kier molecular flexibility index (Phi) is 3.49. The Bertz CT molecular complexity index is 421. The second-order valence-corrected chi connectivity index (χ2v) is 7.97. The van der Waals surface area contributed by atoms with Gasteiger partial charge in [0.2, 0.25) is 0 Å². The fraction of sp³-hybridized carbons (Fsp3) is 0.875. The van der Waals surface area contributed by atoms with E-state index in [0.717, 1.165) is 38.5 Å². The molecule has 3 aliphatic carbocycles. The molecule has 3 saturated carbocycles. The van der Waals surface area contributed by atoms with E-state index in [2.05, 4.69) is 13.8 Å². The van der Waals surface area contributed by atoms with E-state index in [-0.39, 0.29) is 35.2 Å². The summed E-state index contributed by atoms with van der Waals surface area (Å²) in [6.07, 6.45) is 5.92. The summed E-state index contributed by atoms with van der Waals surface area (Å²) in [6.45, 7) is 4.22. The van der Waals surface area contributed by atoms with Crippen LogP contribution in [0.1, 0.15) is 52.4 Å². The third-order valence-corrected chi connectivity index (χ3v) is 7.03. The normalized spacial score (nSPS) is 48.8. The maximum atomic E-state index is 12.7. The first-order valence-electron chi connectivity index (χ1n) is 7.92. The monoisotopic (exact) mass is 316 g/mol. The molecule has 2 nitrogen and oxygen atoms in total. The first-order valence-corrected chi connectivity index (χ1v) is 8.67. The molecule has 0 aromatic rings. The van der Waals surface area contributed by atoms with E-state index >= 15 is 0 Å². The van der Waals surface area contributed by atoms with E-state index in [1.165, 1.54) is 0 Å². The van der Waals surface area contributed by atoms with Gasteiger partial charge in [-0.3, -0.25) is 9.59 Å². The van der Waals surface area contributed by atoms with Crippen LogP contribution in [0.2, 0.25) is 0 Å². The van der Waals surface area contributed by atoms with Gasteiger partial charge in [-0.1, -0.05) is 39.5 Å². The number of carbonyl (C=O) groups is 2. The van der Waals surface area contributed by atoms with Gasteiger partial charge in [-0.15, -0.1) is 23.2 Å². The van der Waals surface area contributed by atoms with Crippen LogP contribution < -0.4 is 0 Å². The van der Waals surface area contributed by atoms with Gasteiger partial charge in [0.15, 0.2) is 11.6 Å². The Morgan fingerprint density at radius 3 is 1.50 bits per heavy atom. The molecule has 0 heterocycles. The maximum absolute atomic E-state index is 12.7. The zero-order chi connectivity index (χ0) is 14.7. The fourth-order valence-corrected chi connectivity index (χ4v) is 5.43. The quantitative estimate of drug-likeness (QED) is 0.695. The van der Waals surface area contributed by atoms with E-state index in [4.69, 9.17) is 23.2 Å². The average Bonchev–Trinajstić information content (AvgIpc) is 3.24. The summed E-state index contributed by atoms with van der Waals surface area (Å²) >= 11 is 13.1. The number of Topliss-reactive ketones (excluding diaryl/α,β-unsaturated/α-hetero) is 2. The van der Waals surface area contributed by atoms with Gasteiger partial charge in [-0.2, -0.15) is 0 Å². The van der Waals surface area contributed by atoms with Crippen LogP contribution in [0.15, 0.2) is 0 Å². The number of halogens is 2. The topological polar surface area (TPSA) is 34.1 Å². The third kappa shape index (κ3) is 1.64. The first-order chi connectivity index (χ1) is 9.45. The Morgan fingerprint density at radius 1 is 0.850 bits per heavy atom. The van der Waals surface area contributed by atoms with Crippen LogP contribution >= 0.6 is 23.2 Å². The van der Waals surface area contributed by atoms with E-state index in [1.807, 2.05) is 0 Å². The third-order valence-electron chi connectivity index (χ3n) is 5.63. The van der Waals surface area contributed by atoms with Crippen molar-refractivity contribution in [3.63, 3.8) is 0 Å². The minimum absolute atomic E-state index is 0.0411. The second-order valence-electron chi connectivity index (χ2n) is 6.72. The number of rotatable bonds is 6. The lowest BCUT2D eigenvalue weighted by atomic mass is 9.97. The summed E-state index contributed by atoms with van der Waals surface area (Å²) in [6, 6.07) is 0. The molecule has 112 valence electrons. The summed E-state index contributed by atoms with van der Waals surface area (Å²) in [5, 5.41) is 0. The van der Waals surface area contributed by atoms with Gasteiger partial charge < -0.3 is 0 Å². The lowest BCUT2D eigenvalue weighted by Crippen LogP contribution is -2.37. The molecule has 4 heteroatoms. The molecule has 0 aromatic heterocycles. The number of ketones is 2. The number of fused-ring (bicyclic) bond motifs is 2. The summed E-state index contributed by atoms with van der Waals surface area (Å²) in [5.74, 6) is -0.382. The smallest absolute Gasteiger partial charge is 0.160 e. The SMILES string of the molecule is CCCC[C@@H]1[C@H]2C(=O)[C@]3(Cl)[C@@H](CCCC)[C@@H]3C(=O)[C@@]12Cl. The van der Waals surface area contributed by atoms with Crippen molar-refractivity contribution in [2.24, 2.45) is 23.7 Å². The molecule has 0 N–H and O–H groups in total. The van der Waals surface area contributed by atoms with Gasteiger partial charge in [-0.25, -0.2) is 0 Å². The largest absolute Gasteiger partial charge is 0.297 e. The molecule has 6 atom stereocenters. The minimum atomic E-state index is -0.893. The molecule has 0 aliphatic heterocycles. The number of hydrogen-bond donors (Lipinski definition) is 0. The van der Waals surface area contributed by atoms with E-state index in [9.17, 15) is 9.59 Å². The van der Waals surface area contributed by atoms with Crippen molar-refractivity contribution in [3.8, 4) is 0 Å². The predicted octanol–water partition coefficient (Wildman–Crippen LogP) is 3.97. The van der Waals surface area contributed by atoms with Crippen molar-refractivity contribution in [3.05, 3.63) is 0 Å². The molecule has 3 rings (SSSR count). The molecular formula is C16H22Cl2O2. The molecule has 0 bridgehead atoms. The van der Waals surface area contributed by atoms with Crippen molar-refractivity contribution in [2.45, 2.75) is 62.1 Å². The van der Waals surface area contributed by atoms with Crippen molar-refractivity contribution >= 4 is 34.8 Å². The van der Waals surface area contributed by atoms with E-state index in [1.54, 1.807) is 0 Å². The summed E-state index contributed by atoms with van der Waals surface area (Å²) < 4.78 is 0. The first kappa shape index (κ1) is 14.8. The van der Waals surface area contributed by atoms with Gasteiger partial charge in [0.25, 0.3) is 0 Å². The van der Waals surface area contributed by atoms with Crippen LogP contribution in [-0.4, -0.2) is 21.3 Å². The van der Waals surface area contributed by atoms with Crippen LogP contribution in [0.5, 0.6) is 0 Å². The predicted molar refractivity (Wildman–Crippen MR) is 80.2 cm³/mol. The van der Waals surface area contributed by atoms with Crippen LogP contribution in [0.25, 0.3) is 0 Å². The molecule has 0 amide bonds. The van der Waals surface area contributed by atoms with Gasteiger partial charge in [-0.05, 0) is 24.7 Å². The molecule has 3 aliphatic rings. The van der Waals surface area contributed by atoms with Gasteiger partial charge in [0, 0.05) is 0 Å². The Morgan fingerprint density at radius 2 is 1.20 bits per heavy atom. The average molecular weight is 317 g/mol. The van der Waals surface area contributed by atoms with Gasteiger partial charge >= 0.3 is 0 Å². The van der Waals surface area contributed by atoms with Crippen molar-refractivity contribution in [1.29, 1.82) is 0 Å². The zero-order valence-electron chi connectivity index (χ0n) is 12.1. The lowest BCUT2D eigenvalue weighted by molar-refractivity contribution is -0.129. The Labute approximate surface area is 130 Å². The van der Waals surface area contributed by atoms with Gasteiger partial charge in [0.1, 0.15) is 9.75 Å². The molecule has 3 fully saturated rings. The van der Waals surface area contributed by atoms with E-state index in [0.29, 0.717) is 0 Å². The van der Waals surface area contributed by atoms with Crippen LogP contribution in [0, 0.1) is 23.7 Å². The number of hydrogen-bond acceptors (Lipinski definition) is 2. The second kappa shape index (κ2) is 4.71. The molecule has 0 aromatic carbocycles. The van der Waals surface area contributed by atoms with Crippen molar-refractivity contribution in [2.75, 3.05) is 0 Å². The maximum Gasteiger partial charge on any atom is 0.160 e. The minimum Gasteiger partial charge on any atom is -0.297 e. The van der Waals surface area contributed by atoms with Crippen molar-refractivity contribution in [1.82, 2.24) is 0 Å². The molecule has 20 heavy (non-hydrogen) atoms. The highest BCUT2D eigenvalue weighted by molar-refractivity contribution is 6.51. The Balaban J connectivity index is 1.78. The number of carbonyl (C=O) groups excluding carboxylic acids is 2. The molecule has 0 spiro atoms. The highest BCUT2D eigenvalue weighted by atomic mass is 35.5. The van der Waals surface area contributed by atoms with Crippen molar-refractivity contribution < 1.29 is 9.59 Å². The van der Waals surface area contributed by atoms with Crippen LogP contribution in [-0.2, 0) is 9.59 Å². The molecular weight excluding hydrogens is 295 g/mol. The highest BCUT2D eigenvalue weighted by Gasteiger charge is 2.87. The van der Waals surface area contributed by atoms with Crippen LogP contribution in [0.3, 0.4) is 0 Å². The summed E-state index contributed by atoms with van der Waals surface area (Å²) in [5.41, 5.74) is 0. The molecule has 0 unspecified atom stereocenters. The molecule has 0 radical (unpaired) electrons. The number of alkyl halides is 2. The van der Waals surface area contributed by atoms with Gasteiger partial charge in [0.05, 0.1) is 11.8 Å². The summed E-state index contributed by atoms with van der Waals surface area (Å²) in [7, 11) is 0. The van der Waals surface area contributed by atoms with E-state index < -0.39 is 9.75 Å². The lowest BCUT2D eigenvalue weighted by Gasteiger charge is -2.16. The summed E-state index contributed by atoms with van der Waals surface area (Å²) in [4.78, 5) is 23.5.